The highest BCUT2D eigenvalue weighted by atomic mass is 16.6. The summed E-state index contributed by atoms with van der Waals surface area (Å²) in [5.74, 6) is 5.28. The number of aryl methyl sites for hydroxylation is 1. The smallest absolute Gasteiger partial charge is 0.293 e. The molecule has 3 N–H and O–H groups in total. The van der Waals surface area contributed by atoms with Gasteiger partial charge in [-0.25, -0.2) is 0 Å². The normalized spacial score (nSPS) is 10.3. The number of nitrogen functional groups attached to an aromatic ring is 1. The molecule has 1 aromatic heterocycles. The molecule has 2 aromatic rings. The van der Waals surface area contributed by atoms with Crippen molar-refractivity contribution < 1.29 is 4.92 Å². The number of hydrazine groups is 1. The monoisotopic (exact) mass is 274 g/mol. The molecule has 20 heavy (non-hydrogen) atoms. The number of rotatable bonds is 4. The van der Waals surface area contributed by atoms with Crippen LogP contribution in [0.4, 0.5) is 11.4 Å². The number of nitro groups is 1. The fourth-order valence-corrected chi connectivity index (χ4v) is 1.93. The first-order valence-corrected chi connectivity index (χ1v) is 5.93. The van der Waals surface area contributed by atoms with E-state index in [0.29, 0.717) is 12.1 Å². The van der Waals surface area contributed by atoms with Crippen molar-refractivity contribution in [3.63, 3.8) is 0 Å². The Morgan fingerprint density at radius 2 is 2.15 bits per heavy atom. The average molecular weight is 274 g/mol. The van der Waals surface area contributed by atoms with Crippen LogP contribution in [0.3, 0.4) is 0 Å². The highest BCUT2D eigenvalue weighted by molar-refractivity contribution is 5.62. The van der Waals surface area contributed by atoms with Gasteiger partial charge in [0.1, 0.15) is 5.69 Å². The summed E-state index contributed by atoms with van der Waals surface area (Å²) in [4.78, 5) is 22.2. The maximum Gasteiger partial charge on any atom is 0.293 e. The summed E-state index contributed by atoms with van der Waals surface area (Å²) in [7, 11) is 0. The molecule has 1 aromatic carbocycles. The molecular weight excluding hydrogens is 260 g/mol. The Kier molecular flexibility index (Phi) is 3.81. The van der Waals surface area contributed by atoms with Crippen molar-refractivity contribution in [1.29, 1.82) is 0 Å². The summed E-state index contributed by atoms with van der Waals surface area (Å²) in [6, 6.07) is 8.05. The van der Waals surface area contributed by atoms with Gasteiger partial charge < -0.3 is 9.99 Å². The minimum absolute atomic E-state index is 0.0897. The van der Waals surface area contributed by atoms with Crippen LogP contribution < -0.4 is 16.8 Å². The van der Waals surface area contributed by atoms with Crippen LogP contribution in [0.15, 0.2) is 41.3 Å². The predicted molar refractivity (Wildman–Crippen MR) is 75.4 cm³/mol. The number of anilines is 1. The molecule has 0 unspecified atom stereocenters. The minimum Gasteiger partial charge on any atom is -0.318 e. The van der Waals surface area contributed by atoms with Gasteiger partial charge in [0.2, 0.25) is 0 Å². The first kappa shape index (κ1) is 13.8. The van der Waals surface area contributed by atoms with Crippen LogP contribution >= 0.6 is 0 Å². The van der Waals surface area contributed by atoms with E-state index >= 15 is 0 Å². The van der Waals surface area contributed by atoms with Crippen LogP contribution in [-0.2, 0) is 6.54 Å². The molecule has 1 heterocycles. The molecule has 0 aliphatic heterocycles. The molecule has 0 radical (unpaired) electrons. The summed E-state index contributed by atoms with van der Waals surface area (Å²) in [6.45, 7) is 2.06. The number of nitrogens with two attached hydrogens (primary N) is 1. The maximum absolute atomic E-state index is 11.9. The van der Waals surface area contributed by atoms with Crippen LogP contribution in [0.5, 0.6) is 0 Å². The van der Waals surface area contributed by atoms with E-state index in [-0.39, 0.29) is 16.9 Å². The molecule has 104 valence electrons. The Hall–Kier alpha value is -2.67. The largest absolute Gasteiger partial charge is 0.318 e. The standard InChI is InChI=1S/C13H14N4O3/c1-9-3-2-6-16(13(9)18)8-10-4-5-12(17(19)20)11(7-10)15-14/h2-7,15H,8,14H2,1H3. The van der Waals surface area contributed by atoms with Crippen LogP contribution in [0.2, 0.25) is 0 Å². The first-order chi connectivity index (χ1) is 9.52. The Bertz CT molecular complexity index is 709. The fraction of sp³-hybridized carbons (Fsp3) is 0.154. The summed E-state index contributed by atoms with van der Waals surface area (Å²) < 4.78 is 1.54. The lowest BCUT2D eigenvalue weighted by molar-refractivity contribution is -0.384. The summed E-state index contributed by atoms with van der Waals surface area (Å²) in [6.07, 6.45) is 1.67. The molecule has 2 rings (SSSR count). The van der Waals surface area contributed by atoms with Gasteiger partial charge in [0, 0.05) is 17.8 Å². The van der Waals surface area contributed by atoms with E-state index in [2.05, 4.69) is 5.43 Å². The van der Waals surface area contributed by atoms with Crippen molar-refractivity contribution in [1.82, 2.24) is 4.57 Å². The Balaban J connectivity index is 2.37. The van der Waals surface area contributed by atoms with Gasteiger partial charge in [-0.15, -0.1) is 0 Å². The Morgan fingerprint density at radius 3 is 2.80 bits per heavy atom. The van der Waals surface area contributed by atoms with E-state index in [1.54, 1.807) is 37.4 Å². The number of benzene rings is 1. The van der Waals surface area contributed by atoms with E-state index in [0.717, 1.165) is 5.56 Å². The molecule has 0 amide bonds. The number of nitrogens with zero attached hydrogens (tertiary/aromatic N) is 2. The van der Waals surface area contributed by atoms with E-state index in [1.165, 1.54) is 10.6 Å². The lowest BCUT2D eigenvalue weighted by Crippen LogP contribution is -2.21. The molecular formula is C13H14N4O3. The molecule has 0 spiro atoms. The van der Waals surface area contributed by atoms with Crippen LogP contribution in [0, 0.1) is 17.0 Å². The molecule has 7 heteroatoms. The highest BCUT2D eigenvalue weighted by Crippen LogP contribution is 2.24. The molecule has 0 saturated heterocycles. The van der Waals surface area contributed by atoms with Crippen molar-refractivity contribution in [3.8, 4) is 0 Å². The van der Waals surface area contributed by atoms with E-state index < -0.39 is 4.92 Å². The van der Waals surface area contributed by atoms with Gasteiger partial charge in [-0.2, -0.15) is 0 Å². The van der Waals surface area contributed by atoms with E-state index in [4.69, 9.17) is 5.84 Å². The first-order valence-electron chi connectivity index (χ1n) is 5.93. The second-order valence-electron chi connectivity index (χ2n) is 4.38. The van der Waals surface area contributed by atoms with Crippen LogP contribution in [0.1, 0.15) is 11.1 Å². The summed E-state index contributed by atoms with van der Waals surface area (Å²) in [5.41, 5.74) is 3.71. The third-order valence-corrected chi connectivity index (χ3v) is 2.98. The van der Waals surface area contributed by atoms with Crippen molar-refractivity contribution >= 4 is 11.4 Å². The molecule has 0 saturated carbocycles. The zero-order chi connectivity index (χ0) is 14.7. The molecule has 0 aliphatic rings. The number of hydrogen-bond donors (Lipinski definition) is 2. The maximum atomic E-state index is 11.9. The SMILES string of the molecule is Cc1cccn(Cc2ccc([N+](=O)[O-])c(NN)c2)c1=O. The number of nitro benzene ring substituents is 1. The third kappa shape index (κ3) is 2.67. The predicted octanol–water partition coefficient (Wildman–Crippen LogP) is 1.40. The minimum atomic E-state index is -0.516. The molecule has 0 fully saturated rings. The number of aromatic nitrogens is 1. The number of nitrogens with one attached hydrogen (secondary N) is 1. The topological polar surface area (TPSA) is 103 Å². The lowest BCUT2D eigenvalue weighted by atomic mass is 10.1. The van der Waals surface area contributed by atoms with Gasteiger partial charge in [-0.05, 0) is 24.6 Å². The third-order valence-electron chi connectivity index (χ3n) is 2.98. The molecule has 0 aliphatic carbocycles. The van der Waals surface area contributed by atoms with Gasteiger partial charge in [-0.3, -0.25) is 20.8 Å². The van der Waals surface area contributed by atoms with Crippen LogP contribution in [0.25, 0.3) is 0 Å². The van der Waals surface area contributed by atoms with Gasteiger partial charge in [0.15, 0.2) is 0 Å². The molecule has 7 nitrogen and oxygen atoms in total. The van der Waals surface area contributed by atoms with Gasteiger partial charge >= 0.3 is 0 Å². The average Bonchev–Trinajstić information content (AvgIpc) is 2.43. The molecule has 0 bridgehead atoms. The van der Waals surface area contributed by atoms with Gasteiger partial charge in [0.25, 0.3) is 11.2 Å². The van der Waals surface area contributed by atoms with Gasteiger partial charge in [0.05, 0.1) is 11.5 Å². The molecule has 0 atom stereocenters. The van der Waals surface area contributed by atoms with Crippen molar-refractivity contribution in [2.75, 3.05) is 5.43 Å². The zero-order valence-corrected chi connectivity index (χ0v) is 10.9. The number of hydrogen-bond acceptors (Lipinski definition) is 5. The second kappa shape index (κ2) is 5.54. The van der Waals surface area contributed by atoms with Crippen molar-refractivity contribution in [2.24, 2.45) is 5.84 Å². The van der Waals surface area contributed by atoms with E-state index in [1.807, 2.05) is 0 Å². The van der Waals surface area contributed by atoms with Crippen molar-refractivity contribution in [3.05, 3.63) is 68.1 Å². The number of pyridine rings is 1. The zero-order valence-electron chi connectivity index (χ0n) is 10.9. The fourth-order valence-electron chi connectivity index (χ4n) is 1.93. The Labute approximate surface area is 114 Å². The lowest BCUT2D eigenvalue weighted by Gasteiger charge is -2.08. The van der Waals surface area contributed by atoms with Crippen LogP contribution in [-0.4, -0.2) is 9.49 Å². The summed E-state index contributed by atoms with van der Waals surface area (Å²) in [5, 5.41) is 10.8. The quantitative estimate of drug-likeness (QED) is 0.498. The van der Waals surface area contributed by atoms with E-state index in [9.17, 15) is 14.9 Å². The van der Waals surface area contributed by atoms with Gasteiger partial charge in [-0.1, -0.05) is 12.1 Å². The summed E-state index contributed by atoms with van der Waals surface area (Å²) >= 11 is 0. The highest BCUT2D eigenvalue weighted by Gasteiger charge is 2.13. The second-order valence-corrected chi connectivity index (χ2v) is 4.38. The van der Waals surface area contributed by atoms with Crippen molar-refractivity contribution in [2.45, 2.75) is 13.5 Å². The Morgan fingerprint density at radius 1 is 1.40 bits per heavy atom.